The number of aromatic nitrogens is 1. The van der Waals surface area contributed by atoms with Crippen LogP contribution < -0.4 is 10.5 Å². The van der Waals surface area contributed by atoms with Crippen molar-refractivity contribution < 1.29 is 9.53 Å². The van der Waals surface area contributed by atoms with Gasteiger partial charge in [-0.1, -0.05) is 6.08 Å². The molecule has 4 nitrogen and oxygen atoms in total. The molecule has 1 heterocycles. The molecule has 0 aliphatic heterocycles. The lowest BCUT2D eigenvalue weighted by atomic mass is 9.95. The van der Waals surface area contributed by atoms with Gasteiger partial charge in [-0.2, -0.15) is 0 Å². The number of carbonyl (C=O) groups excluding carboxylic acids is 1. The Labute approximate surface area is 110 Å². The molecular weight excluding hydrogens is 240 g/mol. The van der Waals surface area contributed by atoms with Crippen molar-refractivity contribution in [2.75, 3.05) is 6.61 Å². The number of ether oxygens (including phenoxy) is 1. The summed E-state index contributed by atoms with van der Waals surface area (Å²) in [6.45, 7) is 2.54. The van der Waals surface area contributed by atoms with Gasteiger partial charge in [-0.05, 0) is 37.3 Å². The number of hydrogen-bond acceptors (Lipinski definition) is 4. The van der Waals surface area contributed by atoms with E-state index in [-0.39, 0.29) is 5.78 Å². The van der Waals surface area contributed by atoms with Crippen LogP contribution in [0.4, 0.5) is 0 Å². The van der Waals surface area contributed by atoms with Crippen LogP contribution in [0.15, 0.2) is 30.3 Å². The fourth-order valence-corrected chi connectivity index (χ4v) is 2.21. The van der Waals surface area contributed by atoms with E-state index < -0.39 is 6.04 Å². The molecule has 1 aromatic carbocycles. The smallest absolute Gasteiger partial charge is 0.185 e. The van der Waals surface area contributed by atoms with Crippen molar-refractivity contribution in [1.82, 2.24) is 4.98 Å². The van der Waals surface area contributed by atoms with Crippen molar-refractivity contribution in [1.29, 1.82) is 0 Å². The Morgan fingerprint density at radius 2 is 2.21 bits per heavy atom. The quantitative estimate of drug-likeness (QED) is 0.892. The molecule has 0 amide bonds. The van der Waals surface area contributed by atoms with Gasteiger partial charge >= 0.3 is 0 Å². The molecule has 0 saturated carbocycles. The van der Waals surface area contributed by atoms with Crippen molar-refractivity contribution in [2.24, 2.45) is 5.73 Å². The topological polar surface area (TPSA) is 65.2 Å². The first-order valence-electron chi connectivity index (χ1n) is 6.24. The largest absolute Gasteiger partial charge is 0.494 e. The molecule has 1 aromatic heterocycles. The monoisotopic (exact) mass is 254 g/mol. The second-order valence-corrected chi connectivity index (χ2v) is 4.46. The standard InChI is InChI=1S/C15H14N2O2/c1-2-19-10-3-5-13-9(7-10)8-11-14(17-13)6-4-12(16)15(11)18/h3-8,12H,2,16H2,1H3. The molecular formula is C15H14N2O2. The summed E-state index contributed by atoms with van der Waals surface area (Å²) in [4.78, 5) is 16.5. The van der Waals surface area contributed by atoms with Crippen LogP contribution >= 0.6 is 0 Å². The first-order chi connectivity index (χ1) is 9.19. The molecule has 2 aromatic rings. The summed E-state index contributed by atoms with van der Waals surface area (Å²) in [6.07, 6.45) is 3.48. The normalized spacial score (nSPS) is 17.6. The van der Waals surface area contributed by atoms with Gasteiger partial charge in [0.15, 0.2) is 5.78 Å². The van der Waals surface area contributed by atoms with E-state index >= 15 is 0 Å². The lowest BCUT2D eigenvalue weighted by Crippen LogP contribution is -2.31. The van der Waals surface area contributed by atoms with E-state index in [4.69, 9.17) is 10.5 Å². The number of hydrogen-bond donors (Lipinski definition) is 1. The molecule has 0 bridgehead atoms. The average molecular weight is 254 g/mol. The fraction of sp³-hybridized carbons (Fsp3) is 0.200. The number of ketones is 1. The van der Waals surface area contributed by atoms with E-state index in [1.54, 1.807) is 12.2 Å². The van der Waals surface area contributed by atoms with E-state index in [0.717, 1.165) is 16.7 Å². The Morgan fingerprint density at radius 3 is 3.00 bits per heavy atom. The van der Waals surface area contributed by atoms with E-state index in [2.05, 4.69) is 4.98 Å². The number of nitrogens with zero attached hydrogens (tertiary/aromatic N) is 1. The Hall–Kier alpha value is -2.20. The Kier molecular flexibility index (Phi) is 2.80. The number of nitrogens with two attached hydrogens (primary N) is 1. The van der Waals surface area contributed by atoms with Crippen LogP contribution in [0, 0.1) is 0 Å². The maximum absolute atomic E-state index is 12.0. The zero-order chi connectivity index (χ0) is 13.4. The van der Waals surface area contributed by atoms with Crippen molar-refractivity contribution in [3.05, 3.63) is 41.6 Å². The highest BCUT2D eigenvalue weighted by Gasteiger charge is 2.21. The maximum atomic E-state index is 12.0. The Balaban J connectivity index is 2.17. The second kappa shape index (κ2) is 4.48. The van der Waals surface area contributed by atoms with Crippen molar-refractivity contribution in [2.45, 2.75) is 13.0 Å². The van der Waals surface area contributed by atoms with E-state index in [9.17, 15) is 4.79 Å². The minimum atomic E-state index is -0.568. The van der Waals surface area contributed by atoms with Crippen LogP contribution in [0.3, 0.4) is 0 Å². The summed E-state index contributed by atoms with van der Waals surface area (Å²) >= 11 is 0. The summed E-state index contributed by atoms with van der Waals surface area (Å²) in [6, 6.07) is 6.94. The summed E-state index contributed by atoms with van der Waals surface area (Å²) in [5, 5.41) is 0.889. The third kappa shape index (κ3) is 2.00. The van der Waals surface area contributed by atoms with Gasteiger partial charge in [0.1, 0.15) is 5.75 Å². The first-order valence-corrected chi connectivity index (χ1v) is 6.24. The van der Waals surface area contributed by atoms with E-state index in [0.29, 0.717) is 17.9 Å². The minimum Gasteiger partial charge on any atom is -0.494 e. The van der Waals surface area contributed by atoms with Gasteiger partial charge in [-0.15, -0.1) is 0 Å². The van der Waals surface area contributed by atoms with Crippen molar-refractivity contribution in [3.8, 4) is 5.75 Å². The van der Waals surface area contributed by atoms with Gasteiger partial charge in [0, 0.05) is 10.9 Å². The average Bonchev–Trinajstić information content (AvgIpc) is 2.42. The lowest BCUT2D eigenvalue weighted by Gasteiger charge is -2.15. The molecule has 0 fully saturated rings. The molecule has 1 unspecified atom stereocenters. The zero-order valence-corrected chi connectivity index (χ0v) is 10.6. The molecule has 2 N–H and O–H groups in total. The van der Waals surface area contributed by atoms with Gasteiger partial charge in [-0.25, -0.2) is 4.98 Å². The highest BCUT2D eigenvalue weighted by atomic mass is 16.5. The molecule has 1 atom stereocenters. The van der Waals surface area contributed by atoms with Gasteiger partial charge in [0.2, 0.25) is 0 Å². The predicted molar refractivity (Wildman–Crippen MR) is 74.3 cm³/mol. The summed E-state index contributed by atoms with van der Waals surface area (Å²) in [5.41, 5.74) is 7.83. The SMILES string of the molecule is CCOc1ccc2nc3c(cc2c1)C(=O)C(N)C=C3. The Bertz CT molecular complexity index is 692. The summed E-state index contributed by atoms with van der Waals surface area (Å²) in [7, 11) is 0. The van der Waals surface area contributed by atoms with Crippen LogP contribution in [0.2, 0.25) is 0 Å². The summed E-state index contributed by atoms with van der Waals surface area (Å²) in [5.74, 6) is 0.688. The number of Topliss-reactive ketones (excluding diaryl/α,β-unsaturated/α-hetero) is 1. The predicted octanol–water partition coefficient (Wildman–Crippen LogP) is 2.17. The molecule has 1 aliphatic rings. The number of carbonyl (C=O) groups is 1. The van der Waals surface area contributed by atoms with Crippen LogP contribution in [-0.4, -0.2) is 23.4 Å². The first kappa shape index (κ1) is 11.9. The maximum Gasteiger partial charge on any atom is 0.185 e. The van der Waals surface area contributed by atoms with Gasteiger partial charge in [-0.3, -0.25) is 4.79 Å². The van der Waals surface area contributed by atoms with Crippen LogP contribution in [0.1, 0.15) is 23.0 Å². The molecule has 0 radical (unpaired) electrons. The molecule has 19 heavy (non-hydrogen) atoms. The highest BCUT2D eigenvalue weighted by molar-refractivity contribution is 6.08. The van der Waals surface area contributed by atoms with Gasteiger partial charge < -0.3 is 10.5 Å². The molecule has 1 aliphatic carbocycles. The van der Waals surface area contributed by atoms with Crippen molar-refractivity contribution in [3.63, 3.8) is 0 Å². The van der Waals surface area contributed by atoms with Gasteiger partial charge in [0.25, 0.3) is 0 Å². The third-order valence-corrected chi connectivity index (χ3v) is 3.16. The number of rotatable bonds is 2. The second-order valence-electron chi connectivity index (χ2n) is 4.46. The van der Waals surface area contributed by atoms with E-state index in [1.807, 2.05) is 31.2 Å². The van der Waals surface area contributed by atoms with Crippen LogP contribution in [0.5, 0.6) is 5.75 Å². The minimum absolute atomic E-state index is 0.0892. The van der Waals surface area contributed by atoms with Crippen molar-refractivity contribution >= 4 is 22.8 Å². The fourth-order valence-electron chi connectivity index (χ4n) is 2.21. The van der Waals surface area contributed by atoms with Crippen LogP contribution in [-0.2, 0) is 0 Å². The van der Waals surface area contributed by atoms with E-state index in [1.165, 1.54) is 0 Å². The third-order valence-electron chi connectivity index (χ3n) is 3.16. The molecule has 96 valence electrons. The van der Waals surface area contributed by atoms with Crippen LogP contribution in [0.25, 0.3) is 17.0 Å². The summed E-state index contributed by atoms with van der Waals surface area (Å²) < 4.78 is 5.45. The highest BCUT2D eigenvalue weighted by Crippen LogP contribution is 2.25. The molecule has 3 rings (SSSR count). The Morgan fingerprint density at radius 1 is 1.37 bits per heavy atom. The molecule has 0 spiro atoms. The number of fused-ring (bicyclic) bond motifs is 2. The number of benzene rings is 1. The van der Waals surface area contributed by atoms with Gasteiger partial charge in [0.05, 0.1) is 23.9 Å². The molecule has 0 saturated heterocycles. The zero-order valence-electron chi connectivity index (χ0n) is 10.6. The molecule has 4 heteroatoms. The number of pyridine rings is 1. The lowest BCUT2D eigenvalue weighted by molar-refractivity contribution is 0.0976.